The van der Waals surface area contributed by atoms with Crippen LogP contribution in [0.25, 0.3) is 0 Å². The first-order valence-electron chi connectivity index (χ1n) is 6.60. The largest absolute Gasteiger partial charge is 0.432 e. The van der Waals surface area contributed by atoms with Gasteiger partial charge in [-0.2, -0.15) is 16.7 Å². The van der Waals surface area contributed by atoms with Gasteiger partial charge in [0.1, 0.15) is 6.26 Å². The average Bonchev–Trinajstić information content (AvgIpc) is 3.09. The molecule has 1 saturated carbocycles. The summed E-state index contributed by atoms with van der Waals surface area (Å²) < 4.78 is 5.55. The molecule has 1 aromatic rings. The maximum Gasteiger partial charge on any atom is 0.297 e. The van der Waals surface area contributed by atoms with Crippen LogP contribution in [0, 0.1) is 0 Å². The first-order valence-corrected chi connectivity index (χ1v) is 7.99. The zero-order chi connectivity index (χ0) is 13.0. The number of aromatic nitrogens is 1. The highest BCUT2D eigenvalue weighted by molar-refractivity contribution is 7.98. The second-order valence-electron chi connectivity index (χ2n) is 5.02. The third kappa shape index (κ3) is 3.92. The zero-order valence-electron chi connectivity index (χ0n) is 11.5. The van der Waals surface area contributed by atoms with Crippen molar-refractivity contribution < 1.29 is 4.42 Å². The molecule has 0 bridgehead atoms. The maximum absolute atomic E-state index is 5.55. The van der Waals surface area contributed by atoms with Crippen molar-refractivity contribution in [3.8, 4) is 0 Å². The van der Waals surface area contributed by atoms with Gasteiger partial charge in [-0.05, 0) is 38.2 Å². The number of hydrogen-bond donors (Lipinski definition) is 1. The van der Waals surface area contributed by atoms with Gasteiger partial charge in [0, 0.05) is 25.7 Å². The molecule has 1 aliphatic rings. The Labute approximate surface area is 114 Å². The normalized spacial score (nSPS) is 16.8. The quantitative estimate of drug-likeness (QED) is 0.785. The van der Waals surface area contributed by atoms with Crippen molar-refractivity contribution in [2.75, 3.05) is 24.0 Å². The molecule has 0 amide bonds. The van der Waals surface area contributed by atoms with Gasteiger partial charge in [0.2, 0.25) is 0 Å². The van der Waals surface area contributed by atoms with Gasteiger partial charge in [0.05, 0.1) is 5.69 Å². The van der Waals surface area contributed by atoms with Crippen LogP contribution in [-0.4, -0.2) is 36.1 Å². The molecule has 0 saturated heterocycles. The van der Waals surface area contributed by atoms with Gasteiger partial charge in [-0.15, -0.1) is 0 Å². The number of nitrogens with zero attached hydrogens (tertiary/aromatic N) is 2. The summed E-state index contributed by atoms with van der Waals surface area (Å²) >= 11 is 1.88. The van der Waals surface area contributed by atoms with Crippen LogP contribution in [0.15, 0.2) is 10.7 Å². The number of nitrogens with one attached hydrogen (secondary N) is 1. The Morgan fingerprint density at radius 2 is 2.39 bits per heavy atom. The summed E-state index contributed by atoms with van der Waals surface area (Å²) in [6.45, 7) is 3.03. The highest BCUT2D eigenvalue weighted by atomic mass is 32.2. The molecule has 102 valence electrons. The lowest BCUT2D eigenvalue weighted by Gasteiger charge is -2.22. The van der Waals surface area contributed by atoms with Crippen LogP contribution >= 0.6 is 11.8 Å². The van der Waals surface area contributed by atoms with Gasteiger partial charge in [0.25, 0.3) is 6.01 Å². The summed E-state index contributed by atoms with van der Waals surface area (Å²) in [4.78, 5) is 6.65. The van der Waals surface area contributed by atoms with Crippen molar-refractivity contribution in [2.45, 2.75) is 44.8 Å². The van der Waals surface area contributed by atoms with E-state index < -0.39 is 0 Å². The smallest absolute Gasteiger partial charge is 0.297 e. The third-order valence-electron chi connectivity index (χ3n) is 3.39. The summed E-state index contributed by atoms with van der Waals surface area (Å²) in [6.07, 6.45) is 7.66. The maximum atomic E-state index is 5.55. The molecule has 0 aromatic carbocycles. The van der Waals surface area contributed by atoms with Crippen LogP contribution in [0.2, 0.25) is 0 Å². The Morgan fingerprint density at radius 1 is 1.61 bits per heavy atom. The van der Waals surface area contributed by atoms with Crippen LogP contribution in [0.5, 0.6) is 0 Å². The number of anilines is 1. The van der Waals surface area contributed by atoms with Crippen molar-refractivity contribution >= 4 is 17.8 Å². The monoisotopic (exact) mass is 269 g/mol. The fourth-order valence-corrected chi connectivity index (χ4v) is 2.32. The van der Waals surface area contributed by atoms with Crippen molar-refractivity contribution in [3.63, 3.8) is 0 Å². The van der Waals surface area contributed by atoms with E-state index in [1.807, 2.05) is 11.8 Å². The molecule has 1 N–H and O–H groups in total. The Morgan fingerprint density at radius 3 is 3.06 bits per heavy atom. The lowest BCUT2D eigenvalue weighted by Crippen LogP contribution is -2.29. The topological polar surface area (TPSA) is 41.3 Å². The van der Waals surface area contributed by atoms with Crippen LogP contribution in [0.4, 0.5) is 6.01 Å². The van der Waals surface area contributed by atoms with E-state index in [1.165, 1.54) is 18.6 Å². The van der Waals surface area contributed by atoms with E-state index in [9.17, 15) is 0 Å². The molecule has 18 heavy (non-hydrogen) atoms. The third-order valence-corrected chi connectivity index (χ3v) is 4.04. The van der Waals surface area contributed by atoms with Gasteiger partial charge < -0.3 is 14.6 Å². The highest BCUT2D eigenvalue weighted by Gasteiger charge is 2.21. The Balaban J connectivity index is 1.82. The second-order valence-corrected chi connectivity index (χ2v) is 6.00. The molecule has 0 spiro atoms. The van der Waals surface area contributed by atoms with E-state index in [0.717, 1.165) is 24.7 Å². The summed E-state index contributed by atoms with van der Waals surface area (Å²) in [5, 5.41) is 3.44. The standard InChI is InChI=1S/C13H23N3OS/c1-10(6-7-18-3)16(2)13-15-12(9-17-13)8-14-11-4-5-11/h9-11,14H,4-8H2,1-3H3. The van der Waals surface area contributed by atoms with Gasteiger partial charge in [0.15, 0.2) is 0 Å². The minimum atomic E-state index is 0.459. The molecule has 1 aromatic heterocycles. The molecule has 0 radical (unpaired) electrons. The Kier molecular flexibility index (Phi) is 4.95. The van der Waals surface area contributed by atoms with Crippen LogP contribution < -0.4 is 10.2 Å². The van der Waals surface area contributed by atoms with E-state index >= 15 is 0 Å². The lowest BCUT2D eigenvalue weighted by molar-refractivity contribution is 0.516. The second kappa shape index (κ2) is 6.48. The van der Waals surface area contributed by atoms with Crippen molar-refractivity contribution in [1.29, 1.82) is 0 Å². The highest BCUT2D eigenvalue weighted by Crippen LogP contribution is 2.20. The molecule has 5 heteroatoms. The molecular formula is C13H23N3OS. The number of rotatable bonds is 8. The molecule has 1 aliphatic carbocycles. The van der Waals surface area contributed by atoms with Crippen molar-refractivity contribution in [2.24, 2.45) is 0 Å². The number of thioether (sulfide) groups is 1. The molecule has 1 unspecified atom stereocenters. The fraction of sp³-hybridized carbons (Fsp3) is 0.769. The average molecular weight is 269 g/mol. The van der Waals surface area contributed by atoms with Crippen LogP contribution in [0.1, 0.15) is 31.9 Å². The van der Waals surface area contributed by atoms with E-state index in [4.69, 9.17) is 4.42 Å². The van der Waals surface area contributed by atoms with E-state index in [1.54, 1.807) is 6.26 Å². The minimum Gasteiger partial charge on any atom is -0.432 e. The minimum absolute atomic E-state index is 0.459. The van der Waals surface area contributed by atoms with E-state index in [0.29, 0.717) is 12.1 Å². The summed E-state index contributed by atoms with van der Waals surface area (Å²) in [5.41, 5.74) is 1.00. The molecule has 1 fully saturated rings. The van der Waals surface area contributed by atoms with E-state index in [-0.39, 0.29) is 0 Å². The Bertz CT molecular complexity index is 365. The van der Waals surface area contributed by atoms with Crippen molar-refractivity contribution in [1.82, 2.24) is 10.3 Å². The molecule has 2 rings (SSSR count). The lowest BCUT2D eigenvalue weighted by atomic mass is 10.2. The van der Waals surface area contributed by atoms with Crippen molar-refractivity contribution in [3.05, 3.63) is 12.0 Å². The fourth-order valence-electron chi connectivity index (χ4n) is 1.75. The molecular weight excluding hydrogens is 246 g/mol. The molecule has 4 nitrogen and oxygen atoms in total. The van der Waals surface area contributed by atoms with Gasteiger partial charge >= 0.3 is 0 Å². The molecule has 0 aliphatic heterocycles. The Hall–Kier alpha value is -0.680. The SMILES string of the molecule is CSCCC(C)N(C)c1nc(CNC2CC2)co1. The summed E-state index contributed by atoms with van der Waals surface area (Å²) in [7, 11) is 2.05. The summed E-state index contributed by atoms with van der Waals surface area (Å²) in [5.74, 6) is 1.17. The predicted molar refractivity (Wildman–Crippen MR) is 77.2 cm³/mol. The predicted octanol–water partition coefficient (Wildman–Crippen LogP) is 2.50. The van der Waals surface area contributed by atoms with Gasteiger partial charge in [-0.3, -0.25) is 0 Å². The number of oxazole rings is 1. The summed E-state index contributed by atoms with van der Waals surface area (Å²) in [6, 6.07) is 1.90. The molecule has 1 atom stereocenters. The first-order chi connectivity index (χ1) is 8.70. The van der Waals surface area contributed by atoms with E-state index in [2.05, 4.69) is 35.4 Å². The van der Waals surface area contributed by atoms with Crippen LogP contribution in [0.3, 0.4) is 0 Å². The zero-order valence-corrected chi connectivity index (χ0v) is 12.3. The molecule has 1 heterocycles. The first kappa shape index (κ1) is 13.7. The van der Waals surface area contributed by atoms with Gasteiger partial charge in [-0.25, -0.2) is 0 Å². The van der Waals surface area contributed by atoms with Crippen LogP contribution in [-0.2, 0) is 6.54 Å². The number of hydrogen-bond acceptors (Lipinski definition) is 5. The van der Waals surface area contributed by atoms with Gasteiger partial charge in [-0.1, -0.05) is 0 Å².